The van der Waals surface area contributed by atoms with Crippen molar-refractivity contribution in [2.24, 2.45) is 0 Å². The zero-order valence-electron chi connectivity index (χ0n) is 19.1. The van der Waals surface area contributed by atoms with Crippen LogP contribution < -0.4 is 15.4 Å². The predicted molar refractivity (Wildman–Crippen MR) is 130 cm³/mol. The highest BCUT2D eigenvalue weighted by molar-refractivity contribution is 7.99. The molecule has 0 aliphatic heterocycles. The fourth-order valence-electron chi connectivity index (χ4n) is 3.06. The molecule has 3 aromatic rings. The van der Waals surface area contributed by atoms with E-state index in [-0.39, 0.29) is 30.7 Å². The third-order valence-corrected chi connectivity index (χ3v) is 6.37. The quantitative estimate of drug-likeness (QED) is 0.397. The number of ether oxygens (including phenoxy) is 1. The van der Waals surface area contributed by atoms with Crippen LogP contribution in [-0.2, 0) is 22.7 Å². The van der Waals surface area contributed by atoms with E-state index in [4.69, 9.17) is 4.74 Å². The summed E-state index contributed by atoms with van der Waals surface area (Å²) in [6.07, 6.45) is 1.64. The molecule has 1 aromatic carbocycles. The molecule has 0 fully saturated rings. The highest BCUT2D eigenvalue weighted by atomic mass is 32.2. The Kier molecular flexibility index (Phi) is 8.84. The number of anilines is 1. The van der Waals surface area contributed by atoms with E-state index in [2.05, 4.69) is 39.7 Å². The van der Waals surface area contributed by atoms with Gasteiger partial charge in [-0.3, -0.25) is 9.59 Å². The van der Waals surface area contributed by atoms with E-state index >= 15 is 0 Å². The van der Waals surface area contributed by atoms with Crippen LogP contribution in [-0.4, -0.2) is 43.9 Å². The first kappa shape index (κ1) is 24.7. The van der Waals surface area contributed by atoms with Crippen LogP contribution in [0.5, 0.6) is 5.75 Å². The van der Waals surface area contributed by atoms with Crippen molar-refractivity contribution in [1.82, 2.24) is 25.1 Å². The first-order valence-electron chi connectivity index (χ1n) is 10.6. The second-order valence-electron chi connectivity index (χ2n) is 7.58. The van der Waals surface area contributed by atoms with E-state index in [1.807, 2.05) is 36.6 Å². The Hall–Kier alpha value is -2.92. The number of nitrogens with one attached hydrogen (secondary N) is 2. The molecule has 2 aromatic heterocycles. The molecule has 0 saturated heterocycles. The third kappa shape index (κ3) is 7.03. The molecule has 0 bridgehead atoms. The van der Waals surface area contributed by atoms with Gasteiger partial charge < -0.3 is 19.9 Å². The molecule has 0 atom stereocenters. The smallest absolute Gasteiger partial charge is 0.258 e. The van der Waals surface area contributed by atoms with Gasteiger partial charge in [0.1, 0.15) is 5.75 Å². The summed E-state index contributed by atoms with van der Waals surface area (Å²) >= 11 is 2.65. The van der Waals surface area contributed by atoms with Gasteiger partial charge in [-0.1, -0.05) is 37.7 Å². The predicted octanol–water partition coefficient (Wildman–Crippen LogP) is 3.61. The van der Waals surface area contributed by atoms with E-state index in [1.165, 1.54) is 23.1 Å². The summed E-state index contributed by atoms with van der Waals surface area (Å²) in [4.78, 5) is 28.5. The summed E-state index contributed by atoms with van der Waals surface area (Å²) in [5.41, 5.74) is 2.15. The van der Waals surface area contributed by atoms with Crippen molar-refractivity contribution in [1.29, 1.82) is 0 Å². The second-order valence-corrected chi connectivity index (χ2v) is 9.42. The van der Waals surface area contributed by atoms with Crippen LogP contribution in [0.1, 0.15) is 43.6 Å². The Balaban J connectivity index is 1.51. The van der Waals surface area contributed by atoms with Gasteiger partial charge >= 0.3 is 0 Å². The molecule has 11 heteroatoms. The average molecular weight is 489 g/mol. The first-order chi connectivity index (χ1) is 15.9. The molecule has 2 amide bonds. The van der Waals surface area contributed by atoms with Gasteiger partial charge in [-0.05, 0) is 37.0 Å². The number of rotatable bonds is 11. The van der Waals surface area contributed by atoms with Crippen LogP contribution >= 0.6 is 23.1 Å². The van der Waals surface area contributed by atoms with Gasteiger partial charge in [-0.2, -0.15) is 0 Å². The maximum absolute atomic E-state index is 12.4. The lowest BCUT2D eigenvalue weighted by atomic mass is 10.0. The number of aromatic nitrogens is 4. The van der Waals surface area contributed by atoms with Gasteiger partial charge in [0.15, 0.2) is 22.7 Å². The molecule has 33 heavy (non-hydrogen) atoms. The summed E-state index contributed by atoms with van der Waals surface area (Å²) in [5.74, 6) is 1.43. The molecule has 0 spiro atoms. The topological polar surface area (TPSA) is 111 Å². The van der Waals surface area contributed by atoms with Crippen LogP contribution in [0.2, 0.25) is 0 Å². The summed E-state index contributed by atoms with van der Waals surface area (Å²) in [7, 11) is 0. The molecule has 0 aliphatic rings. The molecule has 0 saturated carbocycles. The molecule has 3 rings (SSSR count). The normalized spacial score (nSPS) is 10.9. The number of hydrogen-bond donors (Lipinski definition) is 2. The number of hydrogen-bond acceptors (Lipinski definition) is 8. The summed E-state index contributed by atoms with van der Waals surface area (Å²) in [5, 5.41) is 16.9. The highest BCUT2D eigenvalue weighted by Gasteiger charge is 2.15. The number of thioether (sulfide) groups is 1. The van der Waals surface area contributed by atoms with E-state index in [1.54, 1.807) is 11.6 Å². The standard InChI is InChI=1S/C22H28N6O3S2/c1-5-28-18(26-27-22(28)33-13-20(30)25-21-23-8-9-32-21)11-24-19(29)12-31-17-10-15(4)6-7-16(17)14(2)3/h6-10,14H,5,11-13H2,1-4H3,(H,24,29)(H,23,25,30). The lowest BCUT2D eigenvalue weighted by Gasteiger charge is -2.15. The fourth-order valence-corrected chi connectivity index (χ4v) is 4.43. The number of carbonyl (C=O) groups excluding carboxylic acids is 2. The molecule has 176 valence electrons. The lowest BCUT2D eigenvalue weighted by molar-refractivity contribution is -0.123. The van der Waals surface area contributed by atoms with Gasteiger partial charge in [0, 0.05) is 18.1 Å². The maximum Gasteiger partial charge on any atom is 0.258 e. The van der Waals surface area contributed by atoms with Gasteiger partial charge in [0.2, 0.25) is 5.91 Å². The summed E-state index contributed by atoms with van der Waals surface area (Å²) in [6.45, 7) is 8.89. The van der Waals surface area contributed by atoms with Crippen molar-refractivity contribution < 1.29 is 14.3 Å². The second kappa shape index (κ2) is 11.8. The Bertz CT molecular complexity index is 1080. The van der Waals surface area contributed by atoms with Gasteiger partial charge in [0.05, 0.1) is 12.3 Å². The largest absolute Gasteiger partial charge is 0.483 e. The number of benzene rings is 1. The Morgan fingerprint density at radius 1 is 1.24 bits per heavy atom. The summed E-state index contributed by atoms with van der Waals surface area (Å²) < 4.78 is 7.67. The van der Waals surface area contributed by atoms with Crippen molar-refractivity contribution in [3.8, 4) is 5.75 Å². The van der Waals surface area contributed by atoms with Gasteiger partial charge in [0.25, 0.3) is 5.91 Å². The van der Waals surface area contributed by atoms with E-state index in [9.17, 15) is 9.59 Å². The molecular formula is C22H28N6O3S2. The average Bonchev–Trinajstić information content (AvgIpc) is 3.43. The Labute approximate surface area is 201 Å². The molecule has 0 radical (unpaired) electrons. The fraction of sp³-hybridized carbons (Fsp3) is 0.409. The summed E-state index contributed by atoms with van der Waals surface area (Å²) in [6, 6.07) is 6.02. The molecule has 0 aliphatic carbocycles. The van der Waals surface area contributed by atoms with Crippen LogP contribution in [0.25, 0.3) is 0 Å². The Morgan fingerprint density at radius 2 is 2.06 bits per heavy atom. The molecular weight excluding hydrogens is 460 g/mol. The number of carbonyl (C=O) groups is 2. The molecule has 2 N–H and O–H groups in total. The minimum Gasteiger partial charge on any atom is -0.483 e. The minimum atomic E-state index is -0.242. The maximum atomic E-state index is 12.4. The van der Waals surface area contributed by atoms with Crippen LogP contribution in [0.3, 0.4) is 0 Å². The Morgan fingerprint density at radius 3 is 2.76 bits per heavy atom. The number of nitrogens with zero attached hydrogens (tertiary/aromatic N) is 4. The van der Waals surface area contributed by atoms with E-state index in [0.717, 1.165) is 16.9 Å². The molecule has 9 nitrogen and oxygen atoms in total. The van der Waals surface area contributed by atoms with E-state index < -0.39 is 0 Å². The van der Waals surface area contributed by atoms with Crippen LogP contribution in [0.15, 0.2) is 34.9 Å². The number of thiazole rings is 1. The van der Waals surface area contributed by atoms with Gasteiger partial charge in [-0.15, -0.1) is 21.5 Å². The van der Waals surface area contributed by atoms with E-state index in [0.29, 0.717) is 28.6 Å². The first-order valence-corrected chi connectivity index (χ1v) is 12.5. The van der Waals surface area contributed by atoms with Crippen molar-refractivity contribution in [2.75, 3.05) is 17.7 Å². The van der Waals surface area contributed by atoms with Gasteiger partial charge in [-0.25, -0.2) is 4.98 Å². The van der Waals surface area contributed by atoms with Crippen molar-refractivity contribution in [2.45, 2.75) is 51.9 Å². The molecule has 2 heterocycles. The van der Waals surface area contributed by atoms with Crippen molar-refractivity contribution in [3.63, 3.8) is 0 Å². The third-order valence-electron chi connectivity index (χ3n) is 4.71. The SMILES string of the molecule is CCn1c(CNC(=O)COc2cc(C)ccc2C(C)C)nnc1SCC(=O)Nc1nccs1. The lowest BCUT2D eigenvalue weighted by Crippen LogP contribution is -2.29. The number of aryl methyl sites for hydroxylation is 1. The monoisotopic (exact) mass is 488 g/mol. The molecule has 0 unspecified atom stereocenters. The van der Waals surface area contributed by atoms with Crippen molar-refractivity contribution in [3.05, 3.63) is 46.7 Å². The van der Waals surface area contributed by atoms with Crippen LogP contribution in [0, 0.1) is 6.92 Å². The zero-order valence-corrected chi connectivity index (χ0v) is 20.8. The zero-order chi connectivity index (χ0) is 23.8. The highest BCUT2D eigenvalue weighted by Crippen LogP contribution is 2.27. The minimum absolute atomic E-state index is 0.0814. The van der Waals surface area contributed by atoms with Crippen LogP contribution in [0.4, 0.5) is 5.13 Å². The number of amides is 2. The van der Waals surface area contributed by atoms with Crippen molar-refractivity contribution >= 4 is 40.0 Å².